The van der Waals surface area contributed by atoms with Crippen molar-refractivity contribution in [3.8, 4) is 11.5 Å². The monoisotopic (exact) mass is 297 g/mol. The minimum Gasteiger partial charge on any atom is -0.493 e. The van der Waals surface area contributed by atoms with E-state index in [-0.39, 0.29) is 5.78 Å². The smallest absolute Gasteiger partial charge is 0.187 e. The summed E-state index contributed by atoms with van der Waals surface area (Å²) in [6.45, 7) is 2.01. The summed E-state index contributed by atoms with van der Waals surface area (Å²) in [6.07, 6.45) is 3.13. The van der Waals surface area contributed by atoms with Crippen molar-refractivity contribution in [2.24, 2.45) is 0 Å². The Bertz CT molecular complexity index is 692. The normalized spacial score (nSPS) is 10.5. The molecule has 0 radical (unpaired) electrons. The Kier molecular flexibility index (Phi) is 5.20. The fourth-order valence-corrected chi connectivity index (χ4v) is 2.03. The van der Waals surface area contributed by atoms with Gasteiger partial charge in [0, 0.05) is 23.5 Å². The largest absolute Gasteiger partial charge is 0.493 e. The van der Waals surface area contributed by atoms with Crippen LogP contribution in [-0.2, 0) is 0 Å². The highest BCUT2D eigenvalue weighted by Crippen LogP contribution is 2.27. The third-order valence-electron chi connectivity index (χ3n) is 3.29. The first-order valence-electron chi connectivity index (χ1n) is 6.90. The van der Waals surface area contributed by atoms with Crippen LogP contribution in [0.25, 0.3) is 0 Å². The molecule has 0 saturated carbocycles. The Morgan fingerprint density at radius 3 is 2.45 bits per heavy atom. The number of hydrogen-bond donors (Lipinski definition) is 1. The molecule has 0 aliphatic carbocycles. The van der Waals surface area contributed by atoms with E-state index in [1.165, 1.54) is 6.08 Å². The molecule has 0 heterocycles. The molecule has 22 heavy (non-hydrogen) atoms. The predicted octanol–water partition coefficient (Wildman–Crippen LogP) is 3.82. The molecule has 0 saturated heterocycles. The molecule has 4 nitrogen and oxygen atoms in total. The molecule has 0 unspecified atom stereocenters. The van der Waals surface area contributed by atoms with Gasteiger partial charge >= 0.3 is 0 Å². The van der Waals surface area contributed by atoms with Crippen LogP contribution in [0.1, 0.15) is 15.9 Å². The van der Waals surface area contributed by atoms with E-state index in [2.05, 4.69) is 5.32 Å². The van der Waals surface area contributed by atoms with Crippen molar-refractivity contribution < 1.29 is 14.3 Å². The summed E-state index contributed by atoms with van der Waals surface area (Å²) < 4.78 is 10.4. The maximum atomic E-state index is 12.2. The van der Waals surface area contributed by atoms with Crippen molar-refractivity contribution in [3.05, 3.63) is 65.9 Å². The van der Waals surface area contributed by atoms with Gasteiger partial charge in [-0.3, -0.25) is 4.79 Å². The molecule has 2 rings (SSSR count). The van der Waals surface area contributed by atoms with Gasteiger partial charge in [0.15, 0.2) is 17.3 Å². The molecular weight excluding hydrogens is 278 g/mol. The first kappa shape index (κ1) is 15.6. The summed E-state index contributed by atoms with van der Waals surface area (Å²) in [5.41, 5.74) is 2.63. The fourth-order valence-electron chi connectivity index (χ4n) is 2.03. The minimum absolute atomic E-state index is 0.109. The quantitative estimate of drug-likeness (QED) is 0.650. The van der Waals surface area contributed by atoms with Crippen LogP contribution < -0.4 is 14.8 Å². The number of aryl methyl sites for hydroxylation is 1. The minimum atomic E-state index is -0.109. The molecule has 1 N–H and O–H groups in total. The summed E-state index contributed by atoms with van der Waals surface area (Å²) in [6, 6.07) is 13.0. The number of allylic oxidation sites excluding steroid dienone is 1. The van der Waals surface area contributed by atoms with E-state index in [0.29, 0.717) is 17.1 Å². The third-order valence-corrected chi connectivity index (χ3v) is 3.29. The lowest BCUT2D eigenvalue weighted by Crippen LogP contribution is -1.99. The predicted molar refractivity (Wildman–Crippen MR) is 87.8 cm³/mol. The average molecular weight is 297 g/mol. The molecule has 0 amide bonds. The number of nitrogens with one attached hydrogen (secondary N) is 1. The van der Waals surface area contributed by atoms with Gasteiger partial charge in [-0.15, -0.1) is 0 Å². The van der Waals surface area contributed by atoms with Gasteiger partial charge in [-0.1, -0.05) is 18.2 Å². The zero-order chi connectivity index (χ0) is 15.9. The van der Waals surface area contributed by atoms with Crippen molar-refractivity contribution in [1.82, 2.24) is 0 Å². The number of rotatable bonds is 6. The summed E-state index contributed by atoms with van der Waals surface area (Å²) in [4.78, 5) is 12.2. The van der Waals surface area contributed by atoms with E-state index in [1.54, 1.807) is 38.6 Å². The molecule has 2 aromatic rings. The van der Waals surface area contributed by atoms with Crippen LogP contribution in [0.4, 0.5) is 5.69 Å². The first-order valence-corrected chi connectivity index (χ1v) is 6.90. The van der Waals surface area contributed by atoms with E-state index in [4.69, 9.17) is 9.47 Å². The van der Waals surface area contributed by atoms with E-state index in [1.807, 2.05) is 31.2 Å². The standard InChI is InChI=1S/C18H19NO3/c1-13-6-4-5-7-15(13)19-11-10-16(20)14-8-9-17(21-2)18(12-14)22-3/h4-12,19H,1-3H3/b11-10+. The Morgan fingerprint density at radius 2 is 1.77 bits per heavy atom. The molecule has 0 aliphatic rings. The third kappa shape index (κ3) is 3.67. The lowest BCUT2D eigenvalue weighted by molar-refractivity contribution is 0.104. The summed E-state index contributed by atoms with van der Waals surface area (Å²) in [7, 11) is 3.10. The molecule has 0 spiro atoms. The van der Waals surface area contributed by atoms with Crippen LogP contribution in [0.3, 0.4) is 0 Å². The lowest BCUT2D eigenvalue weighted by atomic mass is 10.1. The summed E-state index contributed by atoms with van der Waals surface area (Å²) in [5, 5.41) is 3.11. The second kappa shape index (κ2) is 7.31. The number of hydrogen-bond acceptors (Lipinski definition) is 4. The maximum absolute atomic E-state index is 12.2. The molecule has 0 bridgehead atoms. The van der Waals surface area contributed by atoms with Crippen LogP contribution in [0.2, 0.25) is 0 Å². The van der Waals surface area contributed by atoms with Gasteiger partial charge in [0.2, 0.25) is 0 Å². The molecule has 0 aromatic heterocycles. The van der Waals surface area contributed by atoms with E-state index < -0.39 is 0 Å². The van der Waals surface area contributed by atoms with Gasteiger partial charge in [0.1, 0.15) is 0 Å². The van der Waals surface area contributed by atoms with E-state index in [9.17, 15) is 4.79 Å². The Hall–Kier alpha value is -2.75. The average Bonchev–Trinajstić information content (AvgIpc) is 2.55. The van der Waals surface area contributed by atoms with Crippen molar-refractivity contribution in [3.63, 3.8) is 0 Å². The number of anilines is 1. The number of carbonyl (C=O) groups is 1. The van der Waals surface area contributed by atoms with Crippen molar-refractivity contribution >= 4 is 11.5 Å². The molecule has 2 aromatic carbocycles. The van der Waals surface area contributed by atoms with Crippen LogP contribution in [0, 0.1) is 6.92 Å². The zero-order valence-corrected chi connectivity index (χ0v) is 12.9. The van der Waals surface area contributed by atoms with E-state index in [0.717, 1.165) is 11.3 Å². The van der Waals surface area contributed by atoms with Crippen LogP contribution in [-0.4, -0.2) is 20.0 Å². The Morgan fingerprint density at radius 1 is 1.05 bits per heavy atom. The zero-order valence-electron chi connectivity index (χ0n) is 12.9. The van der Waals surface area contributed by atoms with Crippen LogP contribution in [0.5, 0.6) is 11.5 Å². The highest BCUT2D eigenvalue weighted by molar-refractivity contribution is 6.05. The SMILES string of the molecule is COc1ccc(C(=O)/C=C/Nc2ccccc2C)cc1OC. The number of carbonyl (C=O) groups excluding carboxylic acids is 1. The number of ether oxygens (including phenoxy) is 2. The highest BCUT2D eigenvalue weighted by Gasteiger charge is 2.08. The molecule has 0 aliphatic heterocycles. The Labute approximate surface area is 130 Å². The first-order chi connectivity index (χ1) is 10.7. The van der Waals surface area contributed by atoms with Crippen molar-refractivity contribution in [2.75, 3.05) is 19.5 Å². The topological polar surface area (TPSA) is 47.6 Å². The molecule has 4 heteroatoms. The summed E-state index contributed by atoms with van der Waals surface area (Å²) >= 11 is 0. The second-order valence-electron chi connectivity index (χ2n) is 4.73. The molecule has 0 atom stereocenters. The van der Waals surface area contributed by atoms with Crippen LogP contribution >= 0.6 is 0 Å². The molecular formula is C18H19NO3. The lowest BCUT2D eigenvalue weighted by Gasteiger charge is -2.08. The van der Waals surface area contributed by atoms with Gasteiger partial charge in [-0.2, -0.15) is 0 Å². The number of ketones is 1. The number of benzene rings is 2. The summed E-state index contributed by atoms with van der Waals surface area (Å²) in [5.74, 6) is 1.02. The van der Waals surface area contributed by atoms with Gasteiger partial charge in [-0.25, -0.2) is 0 Å². The van der Waals surface area contributed by atoms with Crippen molar-refractivity contribution in [2.45, 2.75) is 6.92 Å². The van der Waals surface area contributed by atoms with Gasteiger partial charge in [0.05, 0.1) is 14.2 Å². The number of para-hydroxylation sites is 1. The van der Waals surface area contributed by atoms with Gasteiger partial charge < -0.3 is 14.8 Å². The van der Waals surface area contributed by atoms with Gasteiger partial charge in [-0.05, 0) is 36.8 Å². The molecule has 114 valence electrons. The van der Waals surface area contributed by atoms with Gasteiger partial charge in [0.25, 0.3) is 0 Å². The highest BCUT2D eigenvalue weighted by atomic mass is 16.5. The second-order valence-corrected chi connectivity index (χ2v) is 4.73. The van der Waals surface area contributed by atoms with E-state index >= 15 is 0 Å². The Balaban J connectivity index is 2.09. The number of methoxy groups -OCH3 is 2. The fraction of sp³-hybridized carbons (Fsp3) is 0.167. The van der Waals surface area contributed by atoms with Crippen molar-refractivity contribution in [1.29, 1.82) is 0 Å². The van der Waals surface area contributed by atoms with Crippen LogP contribution in [0.15, 0.2) is 54.7 Å². The maximum Gasteiger partial charge on any atom is 0.187 e. The molecule has 0 fully saturated rings.